The fourth-order valence-corrected chi connectivity index (χ4v) is 1.89. The average Bonchev–Trinajstić information content (AvgIpc) is 2.44. The molecule has 0 saturated heterocycles. The van der Waals surface area contributed by atoms with Crippen molar-refractivity contribution in [3.8, 4) is 5.75 Å². The van der Waals surface area contributed by atoms with Gasteiger partial charge in [-0.25, -0.2) is 0 Å². The van der Waals surface area contributed by atoms with Crippen molar-refractivity contribution in [2.75, 3.05) is 0 Å². The second-order valence-corrected chi connectivity index (χ2v) is 4.45. The molecule has 1 atom stereocenters. The SMILES string of the molecule is Oc1ccc(C2=[N+]=CC(Cl)=CCC2Cl)cc1. The van der Waals surface area contributed by atoms with Gasteiger partial charge in [0.1, 0.15) is 16.2 Å². The van der Waals surface area contributed by atoms with Crippen LogP contribution < -0.4 is 4.67 Å². The molecule has 1 aromatic carbocycles. The molecule has 4 heteroatoms. The summed E-state index contributed by atoms with van der Waals surface area (Å²) in [4.78, 5) is 0. The van der Waals surface area contributed by atoms with Gasteiger partial charge in [-0.15, -0.1) is 11.6 Å². The number of phenolic OH excluding ortho intramolecular Hbond substituents is 1. The van der Waals surface area contributed by atoms with E-state index < -0.39 is 0 Å². The number of benzene rings is 1. The predicted molar refractivity (Wildman–Crippen MR) is 68.6 cm³/mol. The fraction of sp³-hybridized carbons (Fsp3) is 0.167. The maximum atomic E-state index is 9.21. The van der Waals surface area contributed by atoms with E-state index in [0.717, 1.165) is 11.3 Å². The molecule has 0 aromatic heterocycles. The first kappa shape index (κ1) is 11.3. The van der Waals surface area contributed by atoms with Gasteiger partial charge in [0.2, 0.25) is 0 Å². The molecular formula is C12H10Cl2NO+. The van der Waals surface area contributed by atoms with Crippen molar-refractivity contribution in [3.63, 3.8) is 0 Å². The monoisotopic (exact) mass is 254 g/mol. The van der Waals surface area contributed by atoms with Crippen LogP contribution >= 0.6 is 23.2 Å². The van der Waals surface area contributed by atoms with E-state index in [-0.39, 0.29) is 11.1 Å². The van der Waals surface area contributed by atoms with Crippen LogP contribution in [0.5, 0.6) is 5.75 Å². The molecule has 82 valence electrons. The van der Waals surface area contributed by atoms with E-state index in [1.54, 1.807) is 30.5 Å². The van der Waals surface area contributed by atoms with E-state index in [0.29, 0.717) is 11.5 Å². The lowest BCUT2D eigenvalue weighted by molar-refractivity contribution is 0.475. The van der Waals surface area contributed by atoms with Gasteiger partial charge in [-0.3, -0.25) is 0 Å². The standard InChI is InChI=1S/C12H9Cl2NO/c13-9-3-6-11(14)12(15-7-9)8-1-4-10(16)5-2-8/h1-5,7,11H,6H2/p+1. The van der Waals surface area contributed by atoms with Crippen LogP contribution in [0, 0.1) is 0 Å². The Kier molecular flexibility index (Phi) is 3.35. The summed E-state index contributed by atoms with van der Waals surface area (Å²) in [5.74, 6) is 0.226. The van der Waals surface area contributed by atoms with Crippen LogP contribution in [0.15, 0.2) is 35.4 Å². The van der Waals surface area contributed by atoms with Gasteiger partial charge in [-0.05, 0) is 30.7 Å². The van der Waals surface area contributed by atoms with Crippen LogP contribution in [-0.4, -0.2) is 22.4 Å². The molecule has 0 saturated carbocycles. The fourth-order valence-electron chi connectivity index (χ4n) is 1.48. The number of rotatable bonds is 1. The summed E-state index contributed by atoms with van der Waals surface area (Å²) >= 11 is 12.1. The lowest BCUT2D eigenvalue weighted by atomic mass is 10.1. The molecule has 1 N–H and O–H groups in total. The van der Waals surface area contributed by atoms with Crippen LogP contribution in [0.25, 0.3) is 0 Å². The molecule has 0 radical (unpaired) electrons. The third-order valence-electron chi connectivity index (χ3n) is 2.31. The summed E-state index contributed by atoms with van der Waals surface area (Å²) in [5.41, 5.74) is 1.67. The van der Waals surface area contributed by atoms with Gasteiger partial charge >= 0.3 is 11.9 Å². The number of halogens is 2. The van der Waals surface area contributed by atoms with E-state index in [2.05, 4.69) is 4.67 Å². The molecule has 0 amide bonds. The highest BCUT2D eigenvalue weighted by atomic mass is 35.5. The smallest absolute Gasteiger partial charge is 0.328 e. The predicted octanol–water partition coefficient (Wildman–Crippen LogP) is 2.45. The highest BCUT2D eigenvalue weighted by Gasteiger charge is 2.25. The minimum Gasteiger partial charge on any atom is -0.508 e. The van der Waals surface area contributed by atoms with Gasteiger partial charge < -0.3 is 5.11 Å². The highest BCUT2D eigenvalue weighted by Crippen LogP contribution is 2.17. The molecule has 1 unspecified atom stereocenters. The summed E-state index contributed by atoms with van der Waals surface area (Å²) in [5, 5.41) is 9.61. The number of hydrogen-bond donors (Lipinski definition) is 1. The Balaban J connectivity index is 2.43. The normalized spacial score (nSPS) is 20.0. The zero-order valence-corrected chi connectivity index (χ0v) is 9.91. The highest BCUT2D eigenvalue weighted by molar-refractivity contribution is 6.41. The number of alkyl halides is 1. The van der Waals surface area contributed by atoms with Crippen molar-refractivity contribution >= 4 is 35.1 Å². The van der Waals surface area contributed by atoms with E-state index in [9.17, 15) is 5.11 Å². The molecule has 1 aliphatic heterocycles. The minimum absolute atomic E-state index is 0.197. The number of phenols is 1. The third kappa shape index (κ3) is 2.48. The molecule has 2 rings (SSSR count). The summed E-state index contributed by atoms with van der Waals surface area (Å²) in [6.45, 7) is 0. The average molecular weight is 255 g/mol. The molecule has 0 spiro atoms. The van der Waals surface area contributed by atoms with Crippen molar-refractivity contribution in [1.82, 2.24) is 4.67 Å². The molecular weight excluding hydrogens is 245 g/mol. The molecule has 2 nitrogen and oxygen atoms in total. The van der Waals surface area contributed by atoms with Crippen LogP contribution in [0.1, 0.15) is 12.0 Å². The molecule has 0 fully saturated rings. The lowest BCUT2D eigenvalue weighted by Crippen LogP contribution is -2.17. The Morgan fingerprint density at radius 3 is 2.62 bits per heavy atom. The number of hydrogen-bond acceptors (Lipinski definition) is 1. The van der Waals surface area contributed by atoms with E-state index >= 15 is 0 Å². The summed E-state index contributed by atoms with van der Waals surface area (Å²) < 4.78 is 4.26. The van der Waals surface area contributed by atoms with Gasteiger partial charge in [0.15, 0.2) is 0 Å². The minimum atomic E-state index is -0.197. The van der Waals surface area contributed by atoms with E-state index in [4.69, 9.17) is 23.2 Å². The maximum Gasteiger partial charge on any atom is 0.328 e. The van der Waals surface area contributed by atoms with Gasteiger partial charge in [0, 0.05) is 0 Å². The number of allylic oxidation sites excluding steroid dienone is 2. The van der Waals surface area contributed by atoms with E-state index in [1.165, 1.54) is 0 Å². The zero-order valence-electron chi connectivity index (χ0n) is 8.40. The first-order valence-corrected chi connectivity index (χ1v) is 5.68. The summed E-state index contributed by atoms with van der Waals surface area (Å²) in [6.07, 6.45) is 4.08. The number of aromatic hydroxyl groups is 1. The molecule has 0 bridgehead atoms. The number of nitrogens with zero attached hydrogens (tertiary/aromatic N) is 1. The van der Waals surface area contributed by atoms with Crippen molar-refractivity contribution in [1.29, 1.82) is 0 Å². The Hall–Kier alpha value is -1.21. The second kappa shape index (κ2) is 4.75. The summed E-state index contributed by atoms with van der Waals surface area (Å²) in [7, 11) is 0. The van der Waals surface area contributed by atoms with Gasteiger partial charge in [0.05, 0.1) is 5.56 Å². The Morgan fingerprint density at radius 1 is 1.25 bits per heavy atom. The maximum absolute atomic E-state index is 9.21. The second-order valence-electron chi connectivity index (χ2n) is 3.48. The lowest BCUT2D eigenvalue weighted by Gasteiger charge is -2.00. The largest absolute Gasteiger partial charge is 0.508 e. The van der Waals surface area contributed by atoms with Crippen LogP contribution in [-0.2, 0) is 0 Å². The van der Waals surface area contributed by atoms with Gasteiger partial charge in [-0.1, -0.05) is 22.3 Å². The first-order chi connectivity index (χ1) is 7.66. The molecule has 1 aromatic rings. The van der Waals surface area contributed by atoms with Crippen molar-refractivity contribution in [2.45, 2.75) is 11.8 Å². The third-order valence-corrected chi connectivity index (χ3v) is 2.94. The van der Waals surface area contributed by atoms with Crippen molar-refractivity contribution in [3.05, 3.63) is 40.9 Å². The Bertz CT molecular complexity index is 484. The Morgan fingerprint density at radius 2 is 1.94 bits per heavy atom. The molecule has 0 aliphatic carbocycles. The topological polar surface area (TPSA) is 34.3 Å². The molecule has 1 heterocycles. The molecule has 16 heavy (non-hydrogen) atoms. The summed E-state index contributed by atoms with van der Waals surface area (Å²) in [6, 6.07) is 6.80. The van der Waals surface area contributed by atoms with Gasteiger partial charge in [-0.2, -0.15) is 0 Å². The van der Waals surface area contributed by atoms with Crippen molar-refractivity contribution < 1.29 is 5.11 Å². The van der Waals surface area contributed by atoms with Gasteiger partial charge in [0.25, 0.3) is 0 Å². The van der Waals surface area contributed by atoms with Crippen LogP contribution in [0.3, 0.4) is 0 Å². The van der Waals surface area contributed by atoms with Crippen LogP contribution in [0.2, 0.25) is 0 Å². The zero-order chi connectivity index (χ0) is 11.5. The van der Waals surface area contributed by atoms with Crippen molar-refractivity contribution in [2.24, 2.45) is 0 Å². The molecule has 1 aliphatic rings. The quantitative estimate of drug-likeness (QED) is 0.607. The van der Waals surface area contributed by atoms with E-state index in [1.807, 2.05) is 6.08 Å². The van der Waals surface area contributed by atoms with Crippen LogP contribution in [0.4, 0.5) is 0 Å². The Labute approximate surface area is 104 Å². The first-order valence-electron chi connectivity index (χ1n) is 4.87.